The van der Waals surface area contributed by atoms with Crippen molar-refractivity contribution in [3.63, 3.8) is 0 Å². The molecule has 138 valence electrons. The lowest BCUT2D eigenvalue weighted by Gasteiger charge is -2.31. The second-order valence-electron chi connectivity index (χ2n) is 8.48. The molecule has 4 unspecified atom stereocenters. The Balaban J connectivity index is 1.47. The summed E-state index contributed by atoms with van der Waals surface area (Å²) >= 11 is 0. The standard InChI is InChI=1S/C21H33N3O/c1-15(16-9-5-4-6-10-16)24-21(2,3)14-22-20(25)19-13-17-11-7-8-12-18(17)23-19/h4-6,9-10,15,17-19,23-24H,7-8,11-14H2,1-3H3,(H,22,25). The van der Waals surface area contributed by atoms with Crippen LogP contribution in [0, 0.1) is 5.92 Å². The van der Waals surface area contributed by atoms with Gasteiger partial charge >= 0.3 is 0 Å². The van der Waals surface area contributed by atoms with Crippen LogP contribution >= 0.6 is 0 Å². The van der Waals surface area contributed by atoms with Gasteiger partial charge in [0.15, 0.2) is 0 Å². The lowest BCUT2D eigenvalue weighted by atomic mass is 9.85. The number of hydrogen-bond acceptors (Lipinski definition) is 3. The fourth-order valence-corrected chi connectivity index (χ4v) is 4.41. The first-order valence-electron chi connectivity index (χ1n) is 9.81. The largest absolute Gasteiger partial charge is 0.353 e. The number of carbonyl (C=O) groups is 1. The molecule has 1 amide bonds. The van der Waals surface area contributed by atoms with Gasteiger partial charge in [-0.15, -0.1) is 0 Å². The molecule has 1 heterocycles. The van der Waals surface area contributed by atoms with E-state index in [9.17, 15) is 4.79 Å². The molecule has 4 heteroatoms. The molecule has 4 nitrogen and oxygen atoms in total. The van der Waals surface area contributed by atoms with Gasteiger partial charge in [0.2, 0.25) is 5.91 Å². The van der Waals surface area contributed by atoms with Crippen molar-refractivity contribution >= 4 is 5.91 Å². The highest BCUT2D eigenvalue weighted by molar-refractivity contribution is 5.82. The van der Waals surface area contributed by atoms with Gasteiger partial charge in [-0.2, -0.15) is 0 Å². The molecule has 2 aliphatic rings. The normalized spacial score (nSPS) is 27.6. The van der Waals surface area contributed by atoms with Crippen LogP contribution in [0.2, 0.25) is 0 Å². The Morgan fingerprint density at radius 2 is 1.96 bits per heavy atom. The molecule has 1 aromatic carbocycles. The van der Waals surface area contributed by atoms with E-state index in [1.807, 2.05) is 6.07 Å². The Hall–Kier alpha value is -1.39. The van der Waals surface area contributed by atoms with Gasteiger partial charge < -0.3 is 16.0 Å². The van der Waals surface area contributed by atoms with E-state index in [-0.39, 0.29) is 23.5 Å². The Kier molecular flexibility index (Phi) is 5.80. The minimum absolute atomic E-state index is 0.00422. The number of benzene rings is 1. The summed E-state index contributed by atoms with van der Waals surface area (Å²) in [4.78, 5) is 12.6. The third kappa shape index (κ3) is 4.83. The first-order valence-corrected chi connectivity index (χ1v) is 9.81. The summed E-state index contributed by atoms with van der Waals surface area (Å²) in [5.74, 6) is 0.866. The number of amides is 1. The topological polar surface area (TPSA) is 53.2 Å². The van der Waals surface area contributed by atoms with Gasteiger partial charge in [0, 0.05) is 24.2 Å². The molecule has 1 aliphatic carbocycles. The van der Waals surface area contributed by atoms with E-state index < -0.39 is 0 Å². The van der Waals surface area contributed by atoms with E-state index in [0.29, 0.717) is 18.5 Å². The maximum Gasteiger partial charge on any atom is 0.237 e. The summed E-state index contributed by atoms with van der Waals surface area (Å²) in [7, 11) is 0. The zero-order valence-corrected chi connectivity index (χ0v) is 15.8. The molecule has 1 aromatic rings. The van der Waals surface area contributed by atoms with Crippen LogP contribution < -0.4 is 16.0 Å². The maximum atomic E-state index is 12.6. The highest BCUT2D eigenvalue weighted by atomic mass is 16.2. The highest BCUT2D eigenvalue weighted by Crippen LogP contribution is 2.33. The molecule has 0 radical (unpaired) electrons. The number of hydrogen-bond donors (Lipinski definition) is 3. The lowest BCUT2D eigenvalue weighted by Crippen LogP contribution is -2.52. The van der Waals surface area contributed by atoms with Crippen LogP contribution in [0.3, 0.4) is 0 Å². The van der Waals surface area contributed by atoms with Crippen molar-refractivity contribution in [1.82, 2.24) is 16.0 Å². The summed E-state index contributed by atoms with van der Waals surface area (Å²) in [5, 5.41) is 10.4. The molecule has 25 heavy (non-hydrogen) atoms. The summed E-state index contributed by atoms with van der Waals surface area (Å²) < 4.78 is 0. The second kappa shape index (κ2) is 7.88. The minimum atomic E-state index is -0.156. The maximum absolute atomic E-state index is 12.6. The van der Waals surface area contributed by atoms with Gasteiger partial charge in [-0.3, -0.25) is 4.79 Å². The van der Waals surface area contributed by atoms with Crippen molar-refractivity contribution in [1.29, 1.82) is 0 Å². The van der Waals surface area contributed by atoms with Crippen LogP contribution in [0.1, 0.15) is 64.5 Å². The third-order valence-electron chi connectivity index (χ3n) is 5.79. The monoisotopic (exact) mass is 343 g/mol. The zero-order chi connectivity index (χ0) is 17.9. The molecule has 1 aliphatic heterocycles. The number of nitrogens with one attached hydrogen (secondary N) is 3. The van der Waals surface area contributed by atoms with E-state index in [2.05, 4.69) is 61.0 Å². The molecule has 0 spiro atoms. The SMILES string of the molecule is CC(NC(C)(C)CNC(=O)C1CC2CCCCC2N1)c1ccccc1. The Bertz CT molecular complexity index is 558. The van der Waals surface area contributed by atoms with Crippen LogP contribution in [0.25, 0.3) is 0 Å². The number of rotatable bonds is 6. The van der Waals surface area contributed by atoms with Gasteiger partial charge in [-0.25, -0.2) is 0 Å². The Labute approximate surface area is 152 Å². The molecule has 3 N–H and O–H groups in total. The molecule has 1 saturated carbocycles. The quantitative estimate of drug-likeness (QED) is 0.744. The van der Waals surface area contributed by atoms with Crippen LogP contribution in [0.4, 0.5) is 0 Å². The van der Waals surface area contributed by atoms with Crippen LogP contribution in [0.5, 0.6) is 0 Å². The van der Waals surface area contributed by atoms with Crippen LogP contribution in [0.15, 0.2) is 30.3 Å². The predicted molar refractivity (Wildman–Crippen MR) is 102 cm³/mol. The summed E-state index contributed by atoms with van der Waals surface area (Å²) in [6, 6.07) is 11.2. The van der Waals surface area contributed by atoms with Gasteiger partial charge in [0.25, 0.3) is 0 Å². The molecule has 1 saturated heterocycles. The van der Waals surface area contributed by atoms with Crippen molar-refractivity contribution < 1.29 is 4.79 Å². The highest BCUT2D eigenvalue weighted by Gasteiger charge is 2.38. The van der Waals surface area contributed by atoms with Crippen molar-refractivity contribution in [2.75, 3.05) is 6.54 Å². The Morgan fingerprint density at radius 1 is 1.24 bits per heavy atom. The second-order valence-corrected chi connectivity index (χ2v) is 8.48. The number of fused-ring (bicyclic) bond motifs is 1. The first-order chi connectivity index (χ1) is 11.9. The molecular weight excluding hydrogens is 310 g/mol. The van der Waals surface area contributed by atoms with E-state index in [1.165, 1.54) is 31.2 Å². The van der Waals surface area contributed by atoms with Crippen molar-refractivity contribution in [3.05, 3.63) is 35.9 Å². The zero-order valence-electron chi connectivity index (χ0n) is 15.8. The molecular formula is C21H33N3O. The van der Waals surface area contributed by atoms with Crippen molar-refractivity contribution in [2.24, 2.45) is 5.92 Å². The first kappa shape index (κ1) is 18.4. The fraction of sp³-hybridized carbons (Fsp3) is 0.667. The van der Waals surface area contributed by atoms with Crippen LogP contribution in [-0.4, -0.2) is 30.1 Å². The van der Waals surface area contributed by atoms with Gasteiger partial charge in [0.05, 0.1) is 6.04 Å². The summed E-state index contributed by atoms with van der Waals surface area (Å²) in [6.07, 6.45) is 6.15. The molecule has 2 fully saturated rings. The minimum Gasteiger partial charge on any atom is -0.353 e. The molecule has 0 aromatic heterocycles. The molecule has 4 atom stereocenters. The van der Waals surface area contributed by atoms with Crippen molar-refractivity contribution in [2.45, 2.75) is 76.5 Å². The van der Waals surface area contributed by atoms with E-state index in [1.54, 1.807) is 0 Å². The van der Waals surface area contributed by atoms with Crippen molar-refractivity contribution in [3.8, 4) is 0 Å². The Morgan fingerprint density at radius 3 is 2.68 bits per heavy atom. The summed E-state index contributed by atoms with van der Waals surface area (Å²) in [6.45, 7) is 7.10. The van der Waals surface area contributed by atoms with E-state index >= 15 is 0 Å². The van der Waals surface area contributed by atoms with Gasteiger partial charge in [-0.1, -0.05) is 43.2 Å². The lowest BCUT2D eigenvalue weighted by molar-refractivity contribution is -0.123. The van der Waals surface area contributed by atoms with Crippen LogP contribution in [-0.2, 0) is 4.79 Å². The number of carbonyl (C=O) groups excluding carboxylic acids is 1. The fourth-order valence-electron chi connectivity index (χ4n) is 4.41. The summed E-state index contributed by atoms with van der Waals surface area (Å²) in [5.41, 5.74) is 1.11. The predicted octanol–water partition coefficient (Wildman–Crippen LogP) is 3.15. The molecule has 0 bridgehead atoms. The third-order valence-corrected chi connectivity index (χ3v) is 5.79. The van der Waals surface area contributed by atoms with E-state index in [4.69, 9.17) is 0 Å². The van der Waals surface area contributed by atoms with E-state index in [0.717, 1.165) is 6.42 Å². The average Bonchev–Trinajstić information content (AvgIpc) is 3.04. The van der Waals surface area contributed by atoms with Gasteiger partial charge in [-0.05, 0) is 51.5 Å². The average molecular weight is 344 g/mol. The molecule has 3 rings (SSSR count). The van der Waals surface area contributed by atoms with Gasteiger partial charge in [0.1, 0.15) is 0 Å². The smallest absolute Gasteiger partial charge is 0.237 e.